The highest BCUT2D eigenvalue weighted by molar-refractivity contribution is 6.32. The highest BCUT2D eigenvalue weighted by Gasteiger charge is 2.60. The standard InChI is InChI=1S/C11H19N5O6/c1-5(15)9(20)16(8(19)4-14)11(10(21)22,6(17)2-12)7(18)3-13/h5H,2-4,12-15H2,1H3,(H,21,22). The van der Waals surface area contributed by atoms with Crippen LogP contribution < -0.4 is 22.9 Å². The van der Waals surface area contributed by atoms with E-state index in [9.17, 15) is 29.1 Å². The van der Waals surface area contributed by atoms with Crippen molar-refractivity contribution in [2.75, 3.05) is 19.6 Å². The number of amides is 2. The van der Waals surface area contributed by atoms with Crippen LogP contribution in [0.3, 0.4) is 0 Å². The third-order valence-electron chi connectivity index (χ3n) is 2.86. The third kappa shape index (κ3) is 3.17. The average molecular weight is 317 g/mol. The van der Waals surface area contributed by atoms with Crippen LogP contribution in [0.5, 0.6) is 0 Å². The fraction of sp³-hybridized carbons (Fsp3) is 0.545. The second-order valence-corrected chi connectivity index (χ2v) is 4.33. The fourth-order valence-electron chi connectivity index (χ4n) is 1.80. The zero-order valence-electron chi connectivity index (χ0n) is 11.9. The van der Waals surface area contributed by atoms with Crippen LogP contribution in [-0.2, 0) is 24.0 Å². The molecule has 0 heterocycles. The third-order valence-corrected chi connectivity index (χ3v) is 2.86. The van der Waals surface area contributed by atoms with Crippen LogP contribution in [0.4, 0.5) is 0 Å². The molecule has 124 valence electrons. The van der Waals surface area contributed by atoms with Crippen molar-refractivity contribution in [2.45, 2.75) is 18.5 Å². The molecule has 0 bridgehead atoms. The first-order valence-corrected chi connectivity index (χ1v) is 6.15. The summed E-state index contributed by atoms with van der Waals surface area (Å²) in [6.07, 6.45) is 0. The summed E-state index contributed by atoms with van der Waals surface area (Å²) in [5.74, 6) is -7.36. The largest absolute Gasteiger partial charge is 0.479 e. The Morgan fingerprint density at radius 2 is 1.41 bits per heavy atom. The van der Waals surface area contributed by atoms with Crippen molar-refractivity contribution in [2.24, 2.45) is 22.9 Å². The Hall–Kier alpha value is -2.21. The number of ketones is 2. The molecule has 0 spiro atoms. The molecule has 0 fully saturated rings. The second-order valence-electron chi connectivity index (χ2n) is 4.33. The van der Waals surface area contributed by atoms with Gasteiger partial charge in [-0.2, -0.15) is 0 Å². The highest BCUT2D eigenvalue weighted by Crippen LogP contribution is 2.21. The Morgan fingerprint density at radius 3 is 1.64 bits per heavy atom. The summed E-state index contributed by atoms with van der Waals surface area (Å²) >= 11 is 0. The number of nitrogens with zero attached hydrogens (tertiary/aromatic N) is 1. The van der Waals surface area contributed by atoms with Gasteiger partial charge in [0.2, 0.25) is 11.8 Å². The van der Waals surface area contributed by atoms with Gasteiger partial charge in [-0.1, -0.05) is 0 Å². The highest BCUT2D eigenvalue weighted by atomic mass is 16.4. The molecule has 0 aromatic rings. The average Bonchev–Trinajstić information content (AvgIpc) is 2.48. The number of carboxylic acids is 1. The predicted molar refractivity (Wildman–Crippen MR) is 73.0 cm³/mol. The molecule has 0 radical (unpaired) electrons. The van der Waals surface area contributed by atoms with Crippen LogP contribution in [0, 0.1) is 0 Å². The van der Waals surface area contributed by atoms with Crippen molar-refractivity contribution in [1.29, 1.82) is 0 Å². The number of nitrogens with two attached hydrogens (primary N) is 4. The van der Waals surface area contributed by atoms with Gasteiger partial charge in [-0.15, -0.1) is 0 Å². The minimum Gasteiger partial charge on any atom is -0.479 e. The van der Waals surface area contributed by atoms with E-state index in [-0.39, 0.29) is 4.90 Å². The van der Waals surface area contributed by atoms with Crippen molar-refractivity contribution in [3.05, 3.63) is 0 Å². The molecule has 1 atom stereocenters. The number of carbonyl (C=O) groups is 5. The minimum atomic E-state index is -3.18. The van der Waals surface area contributed by atoms with Gasteiger partial charge in [0, 0.05) is 0 Å². The zero-order valence-corrected chi connectivity index (χ0v) is 11.9. The molecule has 0 aliphatic heterocycles. The summed E-state index contributed by atoms with van der Waals surface area (Å²) in [6, 6.07) is -1.37. The van der Waals surface area contributed by atoms with Crippen molar-refractivity contribution < 1.29 is 29.1 Å². The van der Waals surface area contributed by atoms with Crippen LogP contribution in [0.25, 0.3) is 0 Å². The number of imide groups is 1. The zero-order chi connectivity index (χ0) is 17.7. The maximum Gasteiger partial charge on any atom is 0.346 e. The van der Waals surface area contributed by atoms with Gasteiger partial charge in [0.25, 0.3) is 5.54 Å². The molecule has 1 unspecified atom stereocenters. The van der Waals surface area contributed by atoms with Gasteiger partial charge >= 0.3 is 5.97 Å². The normalized spacial score (nSPS) is 12.4. The molecule has 0 aliphatic rings. The molecule has 0 rings (SSSR count). The first kappa shape index (κ1) is 19.8. The molecular weight excluding hydrogens is 298 g/mol. The lowest BCUT2D eigenvalue weighted by atomic mass is 9.85. The molecule has 0 aromatic carbocycles. The first-order valence-electron chi connectivity index (χ1n) is 6.15. The molecule has 11 heteroatoms. The minimum absolute atomic E-state index is 0.0512. The Bertz CT molecular complexity index is 487. The maximum absolute atomic E-state index is 12.1. The number of rotatable bonds is 8. The molecule has 0 saturated heterocycles. The van der Waals surface area contributed by atoms with Gasteiger partial charge in [-0.25, -0.2) is 9.69 Å². The molecular formula is C11H19N5O6. The Balaban J connectivity index is 6.58. The van der Waals surface area contributed by atoms with Crippen LogP contribution >= 0.6 is 0 Å². The van der Waals surface area contributed by atoms with Crippen LogP contribution in [0.2, 0.25) is 0 Å². The van der Waals surface area contributed by atoms with E-state index in [1.165, 1.54) is 0 Å². The monoisotopic (exact) mass is 317 g/mol. The summed E-state index contributed by atoms with van der Waals surface area (Å²) in [5.41, 5.74) is 17.6. The lowest BCUT2D eigenvalue weighted by molar-refractivity contribution is -0.173. The van der Waals surface area contributed by atoms with Crippen LogP contribution in [0.1, 0.15) is 6.92 Å². The van der Waals surface area contributed by atoms with E-state index in [1.807, 2.05) is 0 Å². The molecule has 0 aromatic heterocycles. The number of Topliss-reactive ketones (excluding diaryl/α,β-unsaturated/α-hetero) is 2. The molecule has 0 aliphatic carbocycles. The fourth-order valence-corrected chi connectivity index (χ4v) is 1.80. The van der Waals surface area contributed by atoms with E-state index < -0.39 is 60.6 Å². The van der Waals surface area contributed by atoms with E-state index in [1.54, 1.807) is 0 Å². The van der Waals surface area contributed by atoms with E-state index in [4.69, 9.17) is 22.9 Å². The van der Waals surface area contributed by atoms with Gasteiger partial charge in [0.05, 0.1) is 25.7 Å². The number of hydrogen-bond acceptors (Lipinski definition) is 9. The van der Waals surface area contributed by atoms with Gasteiger partial charge in [0.1, 0.15) is 0 Å². The van der Waals surface area contributed by atoms with Gasteiger partial charge < -0.3 is 28.0 Å². The van der Waals surface area contributed by atoms with Crippen molar-refractivity contribution in [3.8, 4) is 0 Å². The summed E-state index contributed by atoms with van der Waals surface area (Å²) in [4.78, 5) is 59.7. The van der Waals surface area contributed by atoms with E-state index >= 15 is 0 Å². The molecule has 11 nitrogen and oxygen atoms in total. The lowest BCUT2D eigenvalue weighted by Gasteiger charge is -2.36. The van der Waals surface area contributed by atoms with Crippen molar-refractivity contribution >= 4 is 29.4 Å². The van der Waals surface area contributed by atoms with Crippen molar-refractivity contribution in [3.63, 3.8) is 0 Å². The molecule has 0 saturated carbocycles. The molecule has 2 amide bonds. The predicted octanol–water partition coefficient (Wildman–Crippen LogP) is -4.47. The number of carboxylic acid groups (broad SMARTS) is 1. The smallest absolute Gasteiger partial charge is 0.346 e. The Kier molecular flexibility index (Phi) is 6.93. The summed E-state index contributed by atoms with van der Waals surface area (Å²) in [5, 5.41) is 9.39. The first-order chi connectivity index (χ1) is 10.1. The SMILES string of the molecule is CC(N)C(=O)N(C(=O)CN)C(C(=O)O)(C(=O)CN)C(=O)CN. The molecule has 22 heavy (non-hydrogen) atoms. The van der Waals surface area contributed by atoms with E-state index in [0.717, 1.165) is 6.92 Å². The Labute approximate surface area is 125 Å². The van der Waals surface area contributed by atoms with Gasteiger partial charge in [-0.3, -0.25) is 19.2 Å². The van der Waals surface area contributed by atoms with Gasteiger partial charge in [0.15, 0.2) is 11.6 Å². The van der Waals surface area contributed by atoms with Crippen molar-refractivity contribution in [1.82, 2.24) is 4.90 Å². The Morgan fingerprint density at radius 1 is 1.00 bits per heavy atom. The summed E-state index contributed by atoms with van der Waals surface area (Å²) in [6.45, 7) is -1.52. The topological polar surface area (TPSA) is 213 Å². The summed E-state index contributed by atoms with van der Waals surface area (Å²) < 4.78 is 0. The quantitative estimate of drug-likeness (QED) is 0.270. The number of hydrogen-bond donors (Lipinski definition) is 5. The van der Waals surface area contributed by atoms with Crippen LogP contribution in [-0.4, -0.2) is 70.6 Å². The second kappa shape index (κ2) is 7.70. The maximum atomic E-state index is 12.1. The van der Waals surface area contributed by atoms with Crippen LogP contribution in [0.15, 0.2) is 0 Å². The summed E-state index contributed by atoms with van der Waals surface area (Å²) in [7, 11) is 0. The van der Waals surface area contributed by atoms with E-state index in [2.05, 4.69) is 0 Å². The lowest BCUT2D eigenvalue weighted by Crippen LogP contribution is -2.72. The van der Waals surface area contributed by atoms with Gasteiger partial charge in [-0.05, 0) is 6.92 Å². The number of aliphatic carboxylic acids is 1. The number of carbonyl (C=O) groups excluding carboxylic acids is 4. The van der Waals surface area contributed by atoms with E-state index in [0.29, 0.717) is 0 Å². The molecule has 9 N–H and O–H groups in total.